The normalized spacial score (nSPS) is 13.1. The van der Waals surface area contributed by atoms with E-state index in [1.54, 1.807) is 23.0 Å². The Bertz CT molecular complexity index is 1610. The molecule has 0 amide bonds. The number of nitrogens with one attached hydrogen (secondary N) is 1. The molecule has 1 atom stereocenters. The monoisotopic (exact) mass is 477 g/mol. The number of rotatable bonds is 5. The second-order valence-electron chi connectivity index (χ2n) is 8.96. The van der Waals surface area contributed by atoms with Gasteiger partial charge in [-0.05, 0) is 47.4 Å². The third-order valence-electron chi connectivity index (χ3n) is 6.67. The molecule has 2 aromatic heterocycles. The van der Waals surface area contributed by atoms with E-state index in [-0.39, 0.29) is 17.4 Å². The zero-order valence-corrected chi connectivity index (χ0v) is 19.7. The van der Waals surface area contributed by atoms with E-state index >= 15 is 0 Å². The average molecular weight is 478 g/mol. The van der Waals surface area contributed by atoms with Crippen molar-refractivity contribution < 1.29 is 4.39 Å². The van der Waals surface area contributed by atoms with E-state index in [0.717, 1.165) is 16.7 Å². The van der Waals surface area contributed by atoms with Crippen molar-refractivity contribution in [1.29, 1.82) is 0 Å². The molecule has 0 saturated heterocycles. The summed E-state index contributed by atoms with van der Waals surface area (Å²) in [5, 5.41) is 3.37. The zero-order valence-electron chi connectivity index (χ0n) is 19.7. The Morgan fingerprint density at radius 3 is 2.25 bits per heavy atom. The highest BCUT2D eigenvalue weighted by atomic mass is 19.1. The van der Waals surface area contributed by atoms with Crippen LogP contribution in [0.15, 0.2) is 95.9 Å². The molecule has 3 heterocycles. The molecule has 7 heteroatoms. The summed E-state index contributed by atoms with van der Waals surface area (Å²) in [4.78, 5) is 23.0. The number of hydrogen-bond acceptors (Lipinski definition) is 4. The second-order valence-corrected chi connectivity index (χ2v) is 8.96. The van der Waals surface area contributed by atoms with Crippen LogP contribution in [0, 0.1) is 5.82 Å². The molecule has 0 unspecified atom stereocenters. The van der Waals surface area contributed by atoms with Crippen molar-refractivity contribution in [3.63, 3.8) is 0 Å². The van der Waals surface area contributed by atoms with E-state index in [1.807, 2.05) is 47.1 Å². The first-order valence-electron chi connectivity index (χ1n) is 11.9. The lowest BCUT2D eigenvalue weighted by Crippen LogP contribution is -2.29. The van der Waals surface area contributed by atoms with Crippen molar-refractivity contribution in [2.45, 2.75) is 26.1 Å². The standard InChI is InChI=1S/C29H24FN5O/c1-19(20-7-3-2-4-8-20)32-29-31-16-15-25(33-29)27-26(21-11-13-24(30)14-12-21)28(36)35-18-23-10-6-5-9-22(23)17-34(27)35/h2-16,19H,17-18H2,1H3,(H,31,32,33)/t19-/m0/s1. The fraction of sp³-hybridized carbons (Fsp3) is 0.138. The molecule has 1 N–H and O–H groups in total. The number of halogens is 1. The first-order valence-corrected chi connectivity index (χ1v) is 11.9. The SMILES string of the molecule is C[C@H](Nc1nccc(-c2c(-c3ccc(F)cc3)c(=O)n3n2Cc2ccccc2C3)n1)c1ccccc1. The Labute approximate surface area is 207 Å². The Balaban J connectivity index is 1.48. The number of nitrogens with zero attached hydrogens (tertiary/aromatic N) is 4. The molecule has 0 radical (unpaired) electrons. The Morgan fingerprint density at radius 1 is 0.861 bits per heavy atom. The van der Waals surface area contributed by atoms with Crippen LogP contribution in [0.2, 0.25) is 0 Å². The van der Waals surface area contributed by atoms with Crippen molar-refractivity contribution in [3.8, 4) is 22.5 Å². The summed E-state index contributed by atoms with van der Waals surface area (Å²) in [7, 11) is 0. The lowest BCUT2D eigenvalue weighted by Gasteiger charge is -2.22. The summed E-state index contributed by atoms with van der Waals surface area (Å²) < 4.78 is 17.5. The summed E-state index contributed by atoms with van der Waals surface area (Å²) in [5.74, 6) is 0.123. The molecule has 0 fully saturated rings. The van der Waals surface area contributed by atoms with Crippen LogP contribution in [0.1, 0.15) is 29.7 Å². The Morgan fingerprint density at radius 2 is 1.53 bits per heavy atom. The molecule has 6 rings (SSSR count). The number of aromatic nitrogens is 4. The zero-order chi connectivity index (χ0) is 24.6. The van der Waals surface area contributed by atoms with Crippen molar-refractivity contribution in [2.75, 3.05) is 5.32 Å². The highest BCUT2D eigenvalue weighted by Gasteiger charge is 2.27. The van der Waals surface area contributed by atoms with Crippen LogP contribution in [-0.4, -0.2) is 19.3 Å². The van der Waals surface area contributed by atoms with Gasteiger partial charge in [0.15, 0.2) is 0 Å². The largest absolute Gasteiger partial charge is 0.348 e. The Hall–Kier alpha value is -4.52. The van der Waals surface area contributed by atoms with E-state index in [9.17, 15) is 9.18 Å². The van der Waals surface area contributed by atoms with Crippen molar-refractivity contribution in [3.05, 3.63) is 124 Å². The highest BCUT2D eigenvalue weighted by Crippen LogP contribution is 2.33. The molecule has 36 heavy (non-hydrogen) atoms. The van der Waals surface area contributed by atoms with Gasteiger partial charge in [0, 0.05) is 6.20 Å². The van der Waals surface area contributed by atoms with Gasteiger partial charge in [0.1, 0.15) is 5.82 Å². The van der Waals surface area contributed by atoms with Gasteiger partial charge in [0.2, 0.25) is 5.95 Å². The minimum absolute atomic E-state index is 0.00410. The minimum Gasteiger partial charge on any atom is -0.348 e. The van der Waals surface area contributed by atoms with E-state index in [2.05, 4.69) is 35.4 Å². The molecule has 1 aliphatic rings. The van der Waals surface area contributed by atoms with Crippen LogP contribution in [0.5, 0.6) is 0 Å². The first-order chi connectivity index (χ1) is 17.6. The topological polar surface area (TPSA) is 64.7 Å². The minimum atomic E-state index is -0.347. The van der Waals surface area contributed by atoms with Crippen molar-refractivity contribution in [2.24, 2.45) is 0 Å². The molecule has 5 aromatic rings. The highest BCUT2D eigenvalue weighted by molar-refractivity contribution is 5.79. The molecule has 0 saturated carbocycles. The van der Waals surface area contributed by atoms with Gasteiger partial charge in [-0.25, -0.2) is 19.0 Å². The van der Waals surface area contributed by atoms with Gasteiger partial charge in [-0.2, -0.15) is 0 Å². The number of hydrogen-bond donors (Lipinski definition) is 1. The van der Waals surface area contributed by atoms with Crippen LogP contribution in [0.25, 0.3) is 22.5 Å². The second kappa shape index (κ2) is 8.92. The predicted octanol–water partition coefficient (Wildman–Crippen LogP) is 5.50. The maximum absolute atomic E-state index is 13.7. The number of benzene rings is 3. The Kier molecular flexibility index (Phi) is 5.45. The van der Waals surface area contributed by atoms with Crippen molar-refractivity contribution >= 4 is 5.95 Å². The van der Waals surface area contributed by atoms with Gasteiger partial charge in [-0.1, -0.05) is 66.7 Å². The van der Waals surface area contributed by atoms with Crippen LogP contribution in [0.4, 0.5) is 10.3 Å². The summed E-state index contributed by atoms with van der Waals surface area (Å²) in [6, 6.07) is 26.1. The maximum atomic E-state index is 13.7. The smallest absolute Gasteiger partial charge is 0.275 e. The van der Waals surface area contributed by atoms with E-state index < -0.39 is 0 Å². The van der Waals surface area contributed by atoms with Gasteiger partial charge >= 0.3 is 0 Å². The van der Waals surface area contributed by atoms with Gasteiger partial charge in [-0.15, -0.1) is 0 Å². The lowest BCUT2D eigenvalue weighted by atomic mass is 10.0. The average Bonchev–Trinajstić information content (AvgIpc) is 3.19. The van der Waals surface area contributed by atoms with Crippen molar-refractivity contribution in [1.82, 2.24) is 19.3 Å². The molecular formula is C29H24FN5O. The summed E-state index contributed by atoms with van der Waals surface area (Å²) in [6.07, 6.45) is 1.70. The van der Waals surface area contributed by atoms with Crippen LogP contribution < -0.4 is 10.9 Å². The lowest BCUT2D eigenvalue weighted by molar-refractivity contribution is 0.476. The summed E-state index contributed by atoms with van der Waals surface area (Å²) in [5.41, 5.74) is 5.74. The van der Waals surface area contributed by atoms with Crippen LogP contribution in [0.3, 0.4) is 0 Å². The molecule has 178 valence electrons. The third-order valence-corrected chi connectivity index (χ3v) is 6.67. The van der Waals surface area contributed by atoms with Gasteiger partial charge in [0.25, 0.3) is 5.56 Å². The van der Waals surface area contributed by atoms with Gasteiger partial charge < -0.3 is 5.32 Å². The molecular weight excluding hydrogens is 453 g/mol. The molecule has 0 spiro atoms. The van der Waals surface area contributed by atoms with E-state index in [0.29, 0.717) is 41.6 Å². The fourth-order valence-corrected chi connectivity index (χ4v) is 4.82. The summed E-state index contributed by atoms with van der Waals surface area (Å²) in [6.45, 7) is 3.05. The fourth-order valence-electron chi connectivity index (χ4n) is 4.82. The van der Waals surface area contributed by atoms with Crippen LogP contribution in [-0.2, 0) is 13.1 Å². The molecule has 1 aliphatic heterocycles. The maximum Gasteiger partial charge on any atom is 0.275 e. The van der Waals surface area contributed by atoms with Crippen LogP contribution >= 0.6 is 0 Å². The summed E-state index contributed by atoms with van der Waals surface area (Å²) >= 11 is 0. The predicted molar refractivity (Wildman–Crippen MR) is 138 cm³/mol. The number of anilines is 1. The van der Waals surface area contributed by atoms with Gasteiger partial charge in [0.05, 0.1) is 36.1 Å². The van der Waals surface area contributed by atoms with E-state index in [4.69, 9.17) is 4.98 Å². The quantitative estimate of drug-likeness (QED) is 0.356. The third kappa shape index (κ3) is 3.88. The molecule has 6 nitrogen and oxygen atoms in total. The number of fused-ring (bicyclic) bond motifs is 2. The van der Waals surface area contributed by atoms with Gasteiger partial charge in [-0.3, -0.25) is 9.48 Å². The molecule has 0 aliphatic carbocycles. The molecule has 0 bridgehead atoms. The van der Waals surface area contributed by atoms with E-state index in [1.165, 1.54) is 12.1 Å². The first kappa shape index (κ1) is 22.0. The molecule has 3 aromatic carbocycles.